The molecule has 0 bridgehead atoms. The summed E-state index contributed by atoms with van der Waals surface area (Å²) in [6, 6.07) is 8.88. The van der Waals surface area contributed by atoms with E-state index in [1.54, 1.807) is 6.07 Å². The van der Waals surface area contributed by atoms with E-state index in [0.717, 1.165) is 11.3 Å². The monoisotopic (exact) mass is 472 g/mol. The number of thiophene rings is 1. The Morgan fingerprint density at radius 2 is 1.76 bits per heavy atom. The van der Waals surface area contributed by atoms with E-state index in [4.69, 9.17) is 44.0 Å². The number of carbonyl (C=O) groups is 3. The SMILES string of the molecule is O=C(COC(=O)c1ccc(NC(=O)c2ccco2)s1)Nc1cc(Cl)c(Cl)cc1Cl. The lowest BCUT2D eigenvalue weighted by Crippen LogP contribution is -2.20. The number of carbonyl (C=O) groups excluding carboxylic acids is 3. The Hall–Kier alpha value is -2.52. The summed E-state index contributed by atoms with van der Waals surface area (Å²) in [4.78, 5) is 36.2. The minimum atomic E-state index is -0.719. The van der Waals surface area contributed by atoms with Crippen molar-refractivity contribution in [1.82, 2.24) is 0 Å². The van der Waals surface area contributed by atoms with Crippen molar-refractivity contribution in [3.05, 3.63) is 68.4 Å². The van der Waals surface area contributed by atoms with Crippen molar-refractivity contribution in [2.75, 3.05) is 17.2 Å². The molecule has 0 spiro atoms. The fraction of sp³-hybridized carbons (Fsp3) is 0.0556. The van der Waals surface area contributed by atoms with Crippen LogP contribution in [0.25, 0.3) is 0 Å². The predicted octanol–water partition coefficient (Wildman–Crippen LogP) is 5.35. The third-order valence-electron chi connectivity index (χ3n) is 3.41. The molecular weight excluding hydrogens is 463 g/mol. The Kier molecular flexibility index (Phi) is 6.81. The standard InChI is InChI=1S/C18H11Cl3N2O5S/c19-9-6-11(21)12(7-10(9)20)22-15(24)8-28-18(26)14-3-4-16(29-14)23-17(25)13-2-1-5-27-13/h1-7H,8H2,(H,22,24)(H,23,25). The lowest BCUT2D eigenvalue weighted by molar-refractivity contribution is -0.119. The number of halogens is 3. The van der Waals surface area contributed by atoms with Gasteiger partial charge in [-0.2, -0.15) is 0 Å². The van der Waals surface area contributed by atoms with Crippen LogP contribution in [-0.2, 0) is 9.53 Å². The van der Waals surface area contributed by atoms with Crippen LogP contribution in [0.1, 0.15) is 20.2 Å². The molecule has 11 heteroatoms. The van der Waals surface area contributed by atoms with Crippen LogP contribution in [0.3, 0.4) is 0 Å². The van der Waals surface area contributed by atoms with Crippen molar-refractivity contribution in [2.45, 2.75) is 0 Å². The lowest BCUT2D eigenvalue weighted by atomic mass is 10.3. The second-order valence-corrected chi connectivity index (χ2v) is 7.77. The third kappa shape index (κ3) is 5.51. The number of nitrogens with one attached hydrogen (secondary N) is 2. The molecule has 0 fully saturated rings. The van der Waals surface area contributed by atoms with Gasteiger partial charge < -0.3 is 19.8 Å². The van der Waals surface area contributed by atoms with Gasteiger partial charge in [-0.1, -0.05) is 34.8 Å². The molecule has 0 saturated heterocycles. The van der Waals surface area contributed by atoms with Gasteiger partial charge in [0, 0.05) is 0 Å². The highest BCUT2D eigenvalue weighted by atomic mass is 35.5. The smallest absolute Gasteiger partial charge is 0.348 e. The molecule has 1 aromatic carbocycles. The molecule has 0 unspecified atom stereocenters. The summed E-state index contributed by atoms with van der Waals surface area (Å²) in [5.41, 5.74) is 0.237. The molecule has 0 saturated carbocycles. The first-order valence-corrected chi connectivity index (χ1v) is 9.84. The Balaban J connectivity index is 1.53. The third-order valence-corrected chi connectivity index (χ3v) is 5.42. The molecule has 2 N–H and O–H groups in total. The quantitative estimate of drug-likeness (QED) is 0.371. The van der Waals surface area contributed by atoms with Crippen LogP contribution in [-0.4, -0.2) is 24.4 Å². The summed E-state index contributed by atoms with van der Waals surface area (Å²) in [5.74, 6) is -1.64. The normalized spacial score (nSPS) is 10.4. The van der Waals surface area contributed by atoms with Gasteiger partial charge in [0.15, 0.2) is 12.4 Å². The number of benzene rings is 1. The van der Waals surface area contributed by atoms with Crippen LogP contribution < -0.4 is 10.6 Å². The second kappa shape index (κ2) is 9.32. The van der Waals surface area contributed by atoms with E-state index < -0.39 is 24.4 Å². The average Bonchev–Trinajstić information content (AvgIpc) is 3.36. The van der Waals surface area contributed by atoms with Gasteiger partial charge in [-0.3, -0.25) is 9.59 Å². The van der Waals surface area contributed by atoms with Crippen LogP contribution >= 0.6 is 46.1 Å². The van der Waals surface area contributed by atoms with Gasteiger partial charge in [0.25, 0.3) is 11.8 Å². The van der Waals surface area contributed by atoms with Crippen molar-refractivity contribution in [3.8, 4) is 0 Å². The van der Waals surface area contributed by atoms with Gasteiger partial charge >= 0.3 is 5.97 Å². The van der Waals surface area contributed by atoms with Crippen molar-refractivity contribution in [2.24, 2.45) is 0 Å². The van der Waals surface area contributed by atoms with Crippen molar-refractivity contribution in [1.29, 1.82) is 0 Å². The number of hydrogen-bond acceptors (Lipinski definition) is 6. The van der Waals surface area contributed by atoms with E-state index in [2.05, 4.69) is 10.6 Å². The van der Waals surface area contributed by atoms with E-state index in [-0.39, 0.29) is 31.4 Å². The average molecular weight is 474 g/mol. The van der Waals surface area contributed by atoms with Crippen molar-refractivity contribution >= 4 is 74.6 Å². The Morgan fingerprint density at radius 1 is 1.00 bits per heavy atom. The number of rotatable bonds is 6. The first-order chi connectivity index (χ1) is 13.8. The fourth-order valence-corrected chi connectivity index (χ4v) is 3.49. The zero-order valence-corrected chi connectivity index (χ0v) is 17.4. The molecule has 0 aliphatic carbocycles. The van der Waals surface area contributed by atoms with Gasteiger partial charge in [-0.05, 0) is 36.4 Å². The first kappa shape index (κ1) is 21.2. The topological polar surface area (TPSA) is 97.6 Å². The second-order valence-electron chi connectivity index (χ2n) is 5.47. The van der Waals surface area contributed by atoms with Crippen LogP contribution in [0, 0.1) is 0 Å². The number of ether oxygens (including phenoxy) is 1. The highest BCUT2D eigenvalue weighted by Crippen LogP contribution is 2.32. The number of furan rings is 1. The Morgan fingerprint density at radius 3 is 2.48 bits per heavy atom. The molecule has 7 nitrogen and oxygen atoms in total. The molecule has 2 amide bonds. The summed E-state index contributed by atoms with van der Waals surface area (Å²) in [7, 11) is 0. The molecular formula is C18H11Cl3N2O5S. The predicted molar refractivity (Wildman–Crippen MR) is 111 cm³/mol. The summed E-state index contributed by atoms with van der Waals surface area (Å²) in [5, 5.41) is 6.14. The van der Waals surface area contributed by atoms with Gasteiger partial charge in [-0.25, -0.2) is 4.79 Å². The summed E-state index contributed by atoms with van der Waals surface area (Å²) in [6.45, 7) is -0.540. The molecule has 3 aromatic rings. The van der Waals surface area contributed by atoms with Crippen LogP contribution in [0.2, 0.25) is 15.1 Å². The molecule has 0 atom stereocenters. The molecule has 0 aliphatic rings. The maximum Gasteiger partial charge on any atom is 0.348 e. The minimum Gasteiger partial charge on any atom is -0.459 e. The van der Waals surface area contributed by atoms with Gasteiger partial charge in [0.1, 0.15) is 4.88 Å². The lowest BCUT2D eigenvalue weighted by Gasteiger charge is -2.09. The highest BCUT2D eigenvalue weighted by molar-refractivity contribution is 7.18. The molecule has 0 radical (unpaired) electrons. The zero-order chi connectivity index (χ0) is 21.0. The van der Waals surface area contributed by atoms with Gasteiger partial charge in [0.2, 0.25) is 0 Å². The van der Waals surface area contributed by atoms with Crippen LogP contribution in [0.5, 0.6) is 0 Å². The molecule has 29 heavy (non-hydrogen) atoms. The van der Waals surface area contributed by atoms with Crippen LogP contribution in [0.4, 0.5) is 10.7 Å². The van der Waals surface area contributed by atoms with E-state index in [1.165, 1.54) is 36.6 Å². The number of esters is 1. The van der Waals surface area contributed by atoms with E-state index >= 15 is 0 Å². The maximum atomic E-state index is 12.1. The molecule has 150 valence electrons. The molecule has 3 rings (SSSR count). The Bertz CT molecular complexity index is 1070. The van der Waals surface area contributed by atoms with E-state index in [9.17, 15) is 14.4 Å². The van der Waals surface area contributed by atoms with Gasteiger partial charge in [-0.15, -0.1) is 11.3 Å². The molecule has 2 heterocycles. The summed E-state index contributed by atoms with van der Waals surface area (Å²) in [6.07, 6.45) is 1.38. The number of anilines is 2. The highest BCUT2D eigenvalue weighted by Gasteiger charge is 2.16. The summed E-state index contributed by atoms with van der Waals surface area (Å²) >= 11 is 18.7. The zero-order valence-electron chi connectivity index (χ0n) is 14.3. The van der Waals surface area contributed by atoms with Crippen LogP contribution in [0.15, 0.2) is 47.1 Å². The first-order valence-electron chi connectivity index (χ1n) is 7.89. The minimum absolute atomic E-state index is 0.139. The molecule has 0 aliphatic heterocycles. The fourth-order valence-electron chi connectivity index (χ4n) is 2.10. The van der Waals surface area contributed by atoms with E-state index in [1.807, 2.05) is 0 Å². The van der Waals surface area contributed by atoms with E-state index in [0.29, 0.717) is 5.00 Å². The number of hydrogen-bond donors (Lipinski definition) is 2. The van der Waals surface area contributed by atoms with Crippen molar-refractivity contribution < 1.29 is 23.5 Å². The molecule has 2 aromatic heterocycles. The number of amides is 2. The largest absolute Gasteiger partial charge is 0.459 e. The van der Waals surface area contributed by atoms with Gasteiger partial charge in [0.05, 0.1) is 32.0 Å². The van der Waals surface area contributed by atoms with Crippen molar-refractivity contribution in [3.63, 3.8) is 0 Å². The summed E-state index contributed by atoms with van der Waals surface area (Å²) < 4.78 is 9.96. The Labute approximate surface area is 183 Å². The maximum absolute atomic E-state index is 12.1.